The smallest absolute Gasteiger partial charge is 0.189 e. The Balaban J connectivity index is 2.23. The number of thiazole rings is 1. The van der Waals surface area contributed by atoms with Crippen molar-refractivity contribution in [2.45, 2.75) is 6.92 Å². The number of benzene rings is 1. The summed E-state index contributed by atoms with van der Waals surface area (Å²) in [5, 5.41) is 3.68. The summed E-state index contributed by atoms with van der Waals surface area (Å²) in [6.07, 6.45) is 0. The fourth-order valence-electron chi connectivity index (χ4n) is 1.46. The maximum absolute atomic E-state index is 11.3. The SMILES string of the molecule is COc1cccc(Nc2nc(N)c(C(C)=O)s2)c1. The molecule has 1 aromatic carbocycles. The zero-order chi connectivity index (χ0) is 13.1. The summed E-state index contributed by atoms with van der Waals surface area (Å²) in [7, 11) is 1.61. The maximum atomic E-state index is 11.3. The van der Waals surface area contributed by atoms with E-state index in [0.29, 0.717) is 10.0 Å². The zero-order valence-electron chi connectivity index (χ0n) is 10.1. The van der Waals surface area contributed by atoms with Crippen LogP contribution >= 0.6 is 11.3 Å². The number of methoxy groups -OCH3 is 1. The van der Waals surface area contributed by atoms with Gasteiger partial charge in [0.05, 0.1) is 7.11 Å². The number of nitrogens with two attached hydrogens (primary N) is 1. The summed E-state index contributed by atoms with van der Waals surface area (Å²) in [5.74, 6) is 0.929. The van der Waals surface area contributed by atoms with Gasteiger partial charge in [-0.2, -0.15) is 0 Å². The number of nitrogens with zero attached hydrogens (tertiary/aromatic N) is 1. The van der Waals surface area contributed by atoms with Crippen LogP contribution < -0.4 is 15.8 Å². The fraction of sp³-hybridized carbons (Fsp3) is 0.167. The standard InChI is InChI=1S/C12H13N3O2S/c1-7(16)10-11(13)15-12(18-10)14-8-4-3-5-9(6-8)17-2/h3-6H,13H2,1-2H3,(H,14,15). The van der Waals surface area contributed by atoms with Crippen molar-refractivity contribution >= 4 is 33.8 Å². The number of ether oxygens (including phenoxy) is 1. The highest BCUT2D eigenvalue weighted by atomic mass is 32.1. The molecule has 18 heavy (non-hydrogen) atoms. The molecule has 1 heterocycles. The van der Waals surface area contributed by atoms with Crippen LogP contribution in [0.25, 0.3) is 0 Å². The Morgan fingerprint density at radius 3 is 2.89 bits per heavy atom. The monoisotopic (exact) mass is 263 g/mol. The molecule has 0 saturated carbocycles. The Morgan fingerprint density at radius 2 is 2.28 bits per heavy atom. The van der Waals surface area contributed by atoms with Gasteiger partial charge in [-0.25, -0.2) is 4.98 Å². The Morgan fingerprint density at radius 1 is 1.50 bits per heavy atom. The Hall–Kier alpha value is -2.08. The number of carbonyl (C=O) groups excluding carboxylic acids is 1. The zero-order valence-corrected chi connectivity index (χ0v) is 10.9. The second-order valence-corrected chi connectivity index (χ2v) is 4.65. The minimum absolute atomic E-state index is 0.0799. The van der Waals surface area contributed by atoms with Crippen molar-refractivity contribution in [1.82, 2.24) is 4.98 Å². The van der Waals surface area contributed by atoms with Gasteiger partial charge in [-0.15, -0.1) is 0 Å². The van der Waals surface area contributed by atoms with Crippen LogP contribution in [0.3, 0.4) is 0 Å². The van der Waals surface area contributed by atoms with E-state index in [2.05, 4.69) is 10.3 Å². The first kappa shape index (κ1) is 12.4. The van der Waals surface area contributed by atoms with E-state index in [9.17, 15) is 4.79 Å². The molecule has 3 N–H and O–H groups in total. The van der Waals surface area contributed by atoms with Gasteiger partial charge >= 0.3 is 0 Å². The number of ketones is 1. The molecule has 0 unspecified atom stereocenters. The molecule has 0 aliphatic rings. The van der Waals surface area contributed by atoms with Gasteiger partial charge in [0.1, 0.15) is 16.4 Å². The summed E-state index contributed by atoms with van der Waals surface area (Å²) < 4.78 is 5.12. The first-order valence-electron chi connectivity index (χ1n) is 5.28. The van der Waals surface area contributed by atoms with Crippen LogP contribution in [0, 0.1) is 0 Å². The van der Waals surface area contributed by atoms with Crippen LogP contribution in [-0.4, -0.2) is 17.9 Å². The molecule has 0 aliphatic heterocycles. The van der Waals surface area contributed by atoms with Gasteiger partial charge in [0, 0.05) is 18.7 Å². The molecular weight excluding hydrogens is 250 g/mol. The van der Waals surface area contributed by atoms with Crippen molar-refractivity contribution in [3.05, 3.63) is 29.1 Å². The third-order valence-corrected chi connectivity index (χ3v) is 3.38. The Kier molecular flexibility index (Phi) is 3.47. The van der Waals surface area contributed by atoms with Crippen molar-refractivity contribution in [3.8, 4) is 5.75 Å². The number of hydrogen-bond donors (Lipinski definition) is 2. The average Bonchev–Trinajstić information content (AvgIpc) is 2.70. The first-order valence-corrected chi connectivity index (χ1v) is 6.10. The van der Waals surface area contributed by atoms with Crippen LogP contribution in [0.4, 0.5) is 16.6 Å². The molecule has 0 saturated heterocycles. The van der Waals surface area contributed by atoms with E-state index in [1.54, 1.807) is 7.11 Å². The van der Waals surface area contributed by atoms with Crippen molar-refractivity contribution in [1.29, 1.82) is 0 Å². The molecule has 0 radical (unpaired) electrons. The van der Waals surface area contributed by atoms with Gasteiger partial charge in [0.15, 0.2) is 10.9 Å². The molecule has 0 atom stereocenters. The van der Waals surface area contributed by atoms with Crippen LogP contribution in [0.1, 0.15) is 16.6 Å². The molecule has 0 spiro atoms. The van der Waals surface area contributed by atoms with E-state index in [1.165, 1.54) is 18.3 Å². The number of anilines is 3. The van der Waals surface area contributed by atoms with Gasteiger partial charge < -0.3 is 15.8 Å². The molecule has 94 valence electrons. The van der Waals surface area contributed by atoms with Gasteiger partial charge in [-0.1, -0.05) is 17.4 Å². The normalized spacial score (nSPS) is 10.1. The van der Waals surface area contributed by atoms with E-state index >= 15 is 0 Å². The fourth-order valence-corrected chi connectivity index (χ4v) is 2.26. The number of nitrogen functional groups attached to an aromatic ring is 1. The van der Waals surface area contributed by atoms with E-state index in [0.717, 1.165) is 11.4 Å². The Bertz CT molecular complexity index is 580. The third-order valence-electron chi connectivity index (χ3n) is 2.29. The van der Waals surface area contributed by atoms with E-state index in [-0.39, 0.29) is 11.6 Å². The highest BCUT2D eigenvalue weighted by Gasteiger charge is 2.12. The second-order valence-electron chi connectivity index (χ2n) is 3.65. The summed E-state index contributed by atoms with van der Waals surface area (Å²) in [5.41, 5.74) is 6.50. The first-order chi connectivity index (χ1) is 8.60. The van der Waals surface area contributed by atoms with Crippen molar-refractivity contribution in [2.24, 2.45) is 0 Å². The van der Waals surface area contributed by atoms with Gasteiger partial charge in [-0.05, 0) is 12.1 Å². The predicted molar refractivity (Wildman–Crippen MR) is 72.8 cm³/mol. The largest absolute Gasteiger partial charge is 0.497 e. The number of rotatable bonds is 4. The highest BCUT2D eigenvalue weighted by Crippen LogP contribution is 2.28. The van der Waals surface area contributed by atoms with Crippen LogP contribution in [0.2, 0.25) is 0 Å². The van der Waals surface area contributed by atoms with E-state index in [4.69, 9.17) is 10.5 Å². The maximum Gasteiger partial charge on any atom is 0.189 e. The topological polar surface area (TPSA) is 77.2 Å². The molecule has 1 aromatic heterocycles. The minimum atomic E-state index is -0.0799. The van der Waals surface area contributed by atoms with Gasteiger partial charge in [0.25, 0.3) is 0 Å². The number of carbonyl (C=O) groups is 1. The van der Waals surface area contributed by atoms with Gasteiger partial charge in [-0.3, -0.25) is 4.79 Å². The van der Waals surface area contributed by atoms with Crippen molar-refractivity contribution < 1.29 is 9.53 Å². The molecule has 0 amide bonds. The third kappa shape index (κ3) is 2.60. The lowest BCUT2D eigenvalue weighted by atomic mass is 10.3. The second kappa shape index (κ2) is 5.05. The van der Waals surface area contributed by atoms with E-state index < -0.39 is 0 Å². The summed E-state index contributed by atoms with van der Waals surface area (Å²) in [6, 6.07) is 7.44. The lowest BCUT2D eigenvalue weighted by Crippen LogP contribution is -1.95. The minimum Gasteiger partial charge on any atom is -0.497 e. The number of hydrogen-bond acceptors (Lipinski definition) is 6. The number of Topliss-reactive ketones (excluding diaryl/α,β-unsaturated/α-hetero) is 1. The lowest BCUT2D eigenvalue weighted by molar-refractivity contribution is 0.102. The quantitative estimate of drug-likeness (QED) is 0.829. The van der Waals surface area contributed by atoms with Crippen molar-refractivity contribution in [3.63, 3.8) is 0 Å². The molecule has 2 rings (SSSR count). The molecule has 2 aromatic rings. The molecule has 6 heteroatoms. The molecular formula is C12H13N3O2S. The Labute approximate surface area is 109 Å². The van der Waals surface area contributed by atoms with Crippen LogP contribution in [0.15, 0.2) is 24.3 Å². The highest BCUT2D eigenvalue weighted by molar-refractivity contribution is 7.18. The van der Waals surface area contributed by atoms with Crippen molar-refractivity contribution in [2.75, 3.05) is 18.2 Å². The van der Waals surface area contributed by atoms with Crippen LogP contribution in [-0.2, 0) is 0 Å². The average molecular weight is 263 g/mol. The summed E-state index contributed by atoms with van der Waals surface area (Å²) in [4.78, 5) is 15.9. The number of nitrogens with one attached hydrogen (secondary N) is 1. The summed E-state index contributed by atoms with van der Waals surface area (Å²) >= 11 is 1.24. The summed E-state index contributed by atoms with van der Waals surface area (Å²) in [6.45, 7) is 1.47. The van der Waals surface area contributed by atoms with E-state index in [1.807, 2.05) is 24.3 Å². The predicted octanol–water partition coefficient (Wildman–Crippen LogP) is 2.68. The molecule has 0 fully saturated rings. The molecule has 0 aliphatic carbocycles. The number of aromatic nitrogens is 1. The lowest BCUT2D eigenvalue weighted by Gasteiger charge is -2.04. The molecule has 0 bridgehead atoms. The van der Waals surface area contributed by atoms with Crippen LogP contribution in [0.5, 0.6) is 5.75 Å². The molecule has 5 nitrogen and oxygen atoms in total. The van der Waals surface area contributed by atoms with Gasteiger partial charge in [0.2, 0.25) is 0 Å².